The zero-order valence-electron chi connectivity index (χ0n) is 11.8. The number of hydrogen-bond acceptors (Lipinski definition) is 3. The van der Waals surface area contributed by atoms with Crippen LogP contribution in [0.1, 0.15) is 45.4 Å². The van der Waals surface area contributed by atoms with Crippen molar-refractivity contribution in [2.75, 3.05) is 19.6 Å². The number of nitrogens with zero attached hydrogens (tertiary/aromatic N) is 1. The van der Waals surface area contributed by atoms with E-state index in [2.05, 4.69) is 10.6 Å². The summed E-state index contributed by atoms with van der Waals surface area (Å²) in [6.07, 6.45) is 6.40. The van der Waals surface area contributed by atoms with E-state index < -0.39 is 0 Å². The predicted octanol–water partition coefficient (Wildman–Crippen LogP) is 0.646. The van der Waals surface area contributed by atoms with Gasteiger partial charge in [-0.2, -0.15) is 0 Å². The minimum atomic E-state index is -0.0152. The Bertz CT molecular complexity index is 325. The first-order valence-electron chi connectivity index (χ1n) is 7.46. The molecule has 0 aromatic carbocycles. The lowest BCUT2D eigenvalue weighted by Gasteiger charge is -2.35. The zero-order valence-corrected chi connectivity index (χ0v) is 11.8. The van der Waals surface area contributed by atoms with Crippen molar-refractivity contribution in [1.29, 1.82) is 0 Å². The number of likely N-dealkylation sites (tertiary alicyclic amines) is 1. The van der Waals surface area contributed by atoms with Crippen molar-refractivity contribution in [3.8, 4) is 0 Å². The number of piperidine rings is 1. The second-order valence-corrected chi connectivity index (χ2v) is 5.68. The van der Waals surface area contributed by atoms with Gasteiger partial charge in [0.2, 0.25) is 11.8 Å². The van der Waals surface area contributed by atoms with Gasteiger partial charge in [0.1, 0.15) is 0 Å². The van der Waals surface area contributed by atoms with E-state index in [4.69, 9.17) is 0 Å². The summed E-state index contributed by atoms with van der Waals surface area (Å²) in [6.45, 7) is 3.97. The molecule has 2 saturated heterocycles. The molecule has 2 N–H and O–H groups in total. The van der Waals surface area contributed by atoms with Crippen LogP contribution in [0.15, 0.2) is 0 Å². The average Bonchev–Trinajstić information content (AvgIpc) is 2.66. The highest BCUT2D eigenvalue weighted by molar-refractivity contribution is 5.82. The average molecular weight is 267 g/mol. The van der Waals surface area contributed by atoms with Crippen LogP contribution >= 0.6 is 0 Å². The van der Waals surface area contributed by atoms with Crippen LogP contribution < -0.4 is 10.6 Å². The summed E-state index contributed by atoms with van der Waals surface area (Å²) in [7, 11) is 0. The molecule has 0 saturated carbocycles. The second kappa shape index (κ2) is 6.89. The molecule has 108 valence electrons. The predicted molar refractivity (Wildman–Crippen MR) is 73.7 cm³/mol. The highest BCUT2D eigenvalue weighted by Crippen LogP contribution is 2.15. The van der Waals surface area contributed by atoms with Gasteiger partial charge < -0.3 is 15.5 Å². The van der Waals surface area contributed by atoms with Gasteiger partial charge in [0.25, 0.3) is 0 Å². The Morgan fingerprint density at radius 2 is 2.00 bits per heavy atom. The van der Waals surface area contributed by atoms with E-state index in [0.717, 1.165) is 45.2 Å². The van der Waals surface area contributed by atoms with Crippen LogP contribution in [0.4, 0.5) is 0 Å². The Balaban J connectivity index is 1.88. The Morgan fingerprint density at radius 1 is 1.16 bits per heavy atom. The molecule has 2 unspecified atom stereocenters. The monoisotopic (exact) mass is 267 g/mol. The molecule has 2 amide bonds. The summed E-state index contributed by atoms with van der Waals surface area (Å²) >= 11 is 0. The molecule has 0 aromatic rings. The number of carbonyl (C=O) groups excluding carboxylic acids is 2. The van der Waals surface area contributed by atoms with Gasteiger partial charge >= 0.3 is 0 Å². The summed E-state index contributed by atoms with van der Waals surface area (Å²) in [5.74, 6) is 0.212. The molecule has 2 fully saturated rings. The van der Waals surface area contributed by atoms with E-state index >= 15 is 0 Å². The number of carbonyl (C=O) groups is 2. The van der Waals surface area contributed by atoms with E-state index in [9.17, 15) is 9.59 Å². The van der Waals surface area contributed by atoms with Gasteiger partial charge in [-0.25, -0.2) is 0 Å². The van der Waals surface area contributed by atoms with Crippen LogP contribution in [-0.2, 0) is 9.59 Å². The van der Waals surface area contributed by atoms with Crippen LogP contribution in [-0.4, -0.2) is 48.4 Å². The maximum atomic E-state index is 12.5. The summed E-state index contributed by atoms with van der Waals surface area (Å²) in [5, 5.41) is 6.28. The SMILES string of the molecule is CC(=O)NC1CCCN(C(=O)C2CCCCCN2)C1. The van der Waals surface area contributed by atoms with Crippen LogP contribution in [0.5, 0.6) is 0 Å². The summed E-state index contributed by atoms with van der Waals surface area (Å²) < 4.78 is 0. The molecule has 5 nitrogen and oxygen atoms in total. The number of hydrogen-bond donors (Lipinski definition) is 2. The molecule has 0 spiro atoms. The highest BCUT2D eigenvalue weighted by Gasteiger charge is 2.29. The minimum absolute atomic E-state index is 0.00751. The Hall–Kier alpha value is -1.10. The molecule has 2 aliphatic rings. The maximum Gasteiger partial charge on any atom is 0.239 e. The third-order valence-electron chi connectivity index (χ3n) is 4.00. The summed E-state index contributed by atoms with van der Waals surface area (Å²) in [4.78, 5) is 25.5. The first-order valence-corrected chi connectivity index (χ1v) is 7.46. The van der Waals surface area contributed by atoms with Crippen molar-refractivity contribution in [2.24, 2.45) is 0 Å². The van der Waals surface area contributed by atoms with Crippen LogP contribution in [0.3, 0.4) is 0 Å². The highest BCUT2D eigenvalue weighted by atomic mass is 16.2. The van der Waals surface area contributed by atoms with Crippen molar-refractivity contribution in [3.05, 3.63) is 0 Å². The van der Waals surface area contributed by atoms with E-state index in [1.807, 2.05) is 4.90 Å². The van der Waals surface area contributed by atoms with Crippen LogP contribution in [0.2, 0.25) is 0 Å². The van der Waals surface area contributed by atoms with Gasteiger partial charge in [0.05, 0.1) is 6.04 Å². The van der Waals surface area contributed by atoms with Crippen LogP contribution in [0.25, 0.3) is 0 Å². The molecule has 0 bridgehead atoms. The fraction of sp³-hybridized carbons (Fsp3) is 0.857. The van der Waals surface area contributed by atoms with E-state index in [-0.39, 0.29) is 23.9 Å². The Kier molecular flexibility index (Phi) is 5.19. The third kappa shape index (κ3) is 4.20. The second-order valence-electron chi connectivity index (χ2n) is 5.68. The lowest BCUT2D eigenvalue weighted by molar-refractivity contribution is -0.135. The summed E-state index contributed by atoms with van der Waals surface area (Å²) in [6, 6.07) is 0.111. The zero-order chi connectivity index (χ0) is 13.7. The molecule has 2 aliphatic heterocycles. The number of amides is 2. The fourth-order valence-corrected chi connectivity index (χ4v) is 3.04. The molecular weight excluding hydrogens is 242 g/mol. The number of rotatable bonds is 2. The first-order chi connectivity index (χ1) is 9.16. The van der Waals surface area contributed by atoms with Crippen molar-refractivity contribution in [2.45, 2.75) is 57.5 Å². The fourth-order valence-electron chi connectivity index (χ4n) is 3.04. The largest absolute Gasteiger partial charge is 0.352 e. The maximum absolute atomic E-state index is 12.5. The topological polar surface area (TPSA) is 61.4 Å². The first kappa shape index (κ1) is 14.3. The molecule has 2 rings (SSSR count). The molecule has 5 heteroatoms. The van der Waals surface area contributed by atoms with Gasteiger partial charge in [-0.15, -0.1) is 0 Å². The number of nitrogens with one attached hydrogen (secondary N) is 2. The van der Waals surface area contributed by atoms with Gasteiger partial charge in [0, 0.05) is 26.1 Å². The van der Waals surface area contributed by atoms with E-state index in [1.54, 1.807) is 0 Å². The van der Waals surface area contributed by atoms with Crippen molar-refractivity contribution in [1.82, 2.24) is 15.5 Å². The van der Waals surface area contributed by atoms with Crippen molar-refractivity contribution >= 4 is 11.8 Å². The molecule has 2 heterocycles. The van der Waals surface area contributed by atoms with E-state index in [0.29, 0.717) is 6.54 Å². The summed E-state index contributed by atoms with van der Waals surface area (Å²) in [5.41, 5.74) is 0. The van der Waals surface area contributed by atoms with Gasteiger partial charge in [0.15, 0.2) is 0 Å². The van der Waals surface area contributed by atoms with Crippen molar-refractivity contribution in [3.63, 3.8) is 0 Å². The molecule has 0 radical (unpaired) electrons. The lowest BCUT2D eigenvalue weighted by Crippen LogP contribution is -2.54. The molecule has 0 aliphatic carbocycles. The quantitative estimate of drug-likeness (QED) is 0.772. The van der Waals surface area contributed by atoms with Gasteiger partial charge in [-0.1, -0.05) is 12.8 Å². The smallest absolute Gasteiger partial charge is 0.239 e. The Labute approximate surface area is 115 Å². The molecule has 0 aromatic heterocycles. The van der Waals surface area contributed by atoms with Crippen molar-refractivity contribution < 1.29 is 9.59 Å². The van der Waals surface area contributed by atoms with Gasteiger partial charge in [-0.3, -0.25) is 9.59 Å². The van der Waals surface area contributed by atoms with Crippen LogP contribution in [0, 0.1) is 0 Å². The van der Waals surface area contributed by atoms with Gasteiger partial charge in [-0.05, 0) is 32.2 Å². The lowest BCUT2D eigenvalue weighted by atomic mass is 10.0. The Morgan fingerprint density at radius 3 is 2.79 bits per heavy atom. The minimum Gasteiger partial charge on any atom is -0.352 e. The molecule has 2 atom stereocenters. The standard InChI is InChI=1S/C14H25N3O2/c1-11(18)16-12-6-5-9-17(10-12)14(19)13-7-3-2-4-8-15-13/h12-13,15H,2-10H2,1H3,(H,16,18). The van der Waals surface area contributed by atoms with E-state index in [1.165, 1.54) is 13.3 Å². The molecule has 19 heavy (non-hydrogen) atoms. The normalized spacial score (nSPS) is 28.6. The third-order valence-corrected chi connectivity index (χ3v) is 4.00. The molecular formula is C14H25N3O2.